The van der Waals surface area contributed by atoms with E-state index in [2.05, 4.69) is 40.9 Å². The quantitative estimate of drug-likeness (QED) is 0.752. The highest BCUT2D eigenvalue weighted by Gasteiger charge is 2.12. The van der Waals surface area contributed by atoms with Gasteiger partial charge in [0.15, 0.2) is 5.82 Å². The standard InChI is InChI=1S/C14H16N4S/c1-7-4-8(2)12-10(5-7)16-13(18-12)11-6-19-14(17-11)9(3)15/h4-6,9H,15H2,1-3H3,(H,16,18). The van der Waals surface area contributed by atoms with Crippen molar-refractivity contribution in [2.24, 2.45) is 5.73 Å². The molecule has 0 spiro atoms. The summed E-state index contributed by atoms with van der Waals surface area (Å²) in [5, 5.41) is 2.93. The molecule has 19 heavy (non-hydrogen) atoms. The summed E-state index contributed by atoms with van der Waals surface area (Å²) in [6.07, 6.45) is 0. The fourth-order valence-corrected chi connectivity index (χ4v) is 2.96. The van der Waals surface area contributed by atoms with Gasteiger partial charge in [0.25, 0.3) is 0 Å². The van der Waals surface area contributed by atoms with E-state index >= 15 is 0 Å². The highest BCUT2D eigenvalue weighted by atomic mass is 32.1. The minimum Gasteiger partial charge on any atom is -0.337 e. The van der Waals surface area contributed by atoms with Gasteiger partial charge in [0.05, 0.1) is 17.1 Å². The van der Waals surface area contributed by atoms with Crippen LogP contribution >= 0.6 is 11.3 Å². The Morgan fingerprint density at radius 2 is 2.05 bits per heavy atom. The van der Waals surface area contributed by atoms with Gasteiger partial charge in [0.1, 0.15) is 10.7 Å². The maximum absolute atomic E-state index is 5.84. The normalized spacial score (nSPS) is 13.1. The summed E-state index contributed by atoms with van der Waals surface area (Å²) < 4.78 is 0. The summed E-state index contributed by atoms with van der Waals surface area (Å²) in [5.74, 6) is 0.812. The molecule has 0 saturated carbocycles. The van der Waals surface area contributed by atoms with Crippen LogP contribution in [0.2, 0.25) is 0 Å². The van der Waals surface area contributed by atoms with Crippen LogP contribution in [0.3, 0.4) is 0 Å². The van der Waals surface area contributed by atoms with E-state index in [-0.39, 0.29) is 6.04 Å². The lowest BCUT2D eigenvalue weighted by molar-refractivity contribution is 0.807. The topological polar surface area (TPSA) is 67.6 Å². The average Bonchev–Trinajstić information content (AvgIpc) is 2.92. The van der Waals surface area contributed by atoms with Gasteiger partial charge < -0.3 is 10.7 Å². The van der Waals surface area contributed by atoms with E-state index in [9.17, 15) is 0 Å². The van der Waals surface area contributed by atoms with Crippen molar-refractivity contribution in [3.63, 3.8) is 0 Å². The lowest BCUT2D eigenvalue weighted by atomic mass is 10.1. The molecule has 0 fully saturated rings. The van der Waals surface area contributed by atoms with Crippen molar-refractivity contribution in [1.29, 1.82) is 0 Å². The van der Waals surface area contributed by atoms with Gasteiger partial charge in [-0.3, -0.25) is 0 Å². The van der Waals surface area contributed by atoms with Crippen molar-refractivity contribution >= 4 is 22.4 Å². The molecule has 1 unspecified atom stereocenters. The van der Waals surface area contributed by atoms with Gasteiger partial charge in [-0.1, -0.05) is 6.07 Å². The zero-order valence-electron chi connectivity index (χ0n) is 11.2. The number of benzene rings is 1. The van der Waals surface area contributed by atoms with Crippen molar-refractivity contribution in [1.82, 2.24) is 15.0 Å². The predicted molar refractivity (Wildman–Crippen MR) is 79.3 cm³/mol. The molecule has 5 heteroatoms. The van der Waals surface area contributed by atoms with E-state index in [1.54, 1.807) is 11.3 Å². The first kappa shape index (κ1) is 12.3. The van der Waals surface area contributed by atoms with Crippen LogP contribution in [0.4, 0.5) is 0 Å². The highest BCUT2D eigenvalue weighted by molar-refractivity contribution is 7.10. The Morgan fingerprint density at radius 3 is 2.74 bits per heavy atom. The molecular formula is C14H16N4S. The van der Waals surface area contributed by atoms with Crippen LogP contribution in [-0.4, -0.2) is 15.0 Å². The smallest absolute Gasteiger partial charge is 0.158 e. The molecule has 98 valence electrons. The van der Waals surface area contributed by atoms with Crippen LogP contribution in [-0.2, 0) is 0 Å². The van der Waals surface area contributed by atoms with Crippen molar-refractivity contribution in [3.05, 3.63) is 33.6 Å². The summed E-state index contributed by atoms with van der Waals surface area (Å²) in [6, 6.07) is 4.21. The molecule has 0 aliphatic carbocycles. The molecule has 4 nitrogen and oxygen atoms in total. The molecule has 1 atom stereocenters. The lowest BCUT2D eigenvalue weighted by Gasteiger charge is -1.96. The Balaban J connectivity index is 2.12. The average molecular weight is 272 g/mol. The number of hydrogen-bond donors (Lipinski definition) is 2. The second kappa shape index (κ2) is 4.43. The number of fused-ring (bicyclic) bond motifs is 1. The summed E-state index contributed by atoms with van der Waals surface area (Å²) in [6.45, 7) is 6.10. The fourth-order valence-electron chi connectivity index (χ4n) is 2.20. The molecule has 2 heterocycles. The molecule has 0 amide bonds. The van der Waals surface area contributed by atoms with E-state index < -0.39 is 0 Å². The summed E-state index contributed by atoms with van der Waals surface area (Å²) in [5.41, 5.74) is 11.2. The zero-order valence-corrected chi connectivity index (χ0v) is 12.0. The molecule has 0 bridgehead atoms. The number of thiazole rings is 1. The van der Waals surface area contributed by atoms with E-state index in [1.165, 1.54) is 11.1 Å². The van der Waals surface area contributed by atoms with Crippen LogP contribution in [0.5, 0.6) is 0 Å². The van der Waals surface area contributed by atoms with Crippen LogP contribution in [0, 0.1) is 13.8 Å². The molecule has 3 N–H and O–H groups in total. The van der Waals surface area contributed by atoms with E-state index in [0.717, 1.165) is 27.6 Å². The number of aryl methyl sites for hydroxylation is 2. The van der Waals surface area contributed by atoms with Gasteiger partial charge >= 0.3 is 0 Å². The van der Waals surface area contributed by atoms with E-state index in [1.807, 2.05) is 12.3 Å². The minimum absolute atomic E-state index is 0.0351. The van der Waals surface area contributed by atoms with Gasteiger partial charge in [-0.2, -0.15) is 0 Å². The maximum atomic E-state index is 5.84. The van der Waals surface area contributed by atoms with Crippen molar-refractivity contribution < 1.29 is 0 Å². The lowest BCUT2D eigenvalue weighted by Crippen LogP contribution is -2.03. The van der Waals surface area contributed by atoms with Gasteiger partial charge in [-0.15, -0.1) is 11.3 Å². The van der Waals surface area contributed by atoms with Crippen molar-refractivity contribution in [2.45, 2.75) is 26.8 Å². The van der Waals surface area contributed by atoms with Crippen LogP contribution in [0.25, 0.3) is 22.6 Å². The zero-order chi connectivity index (χ0) is 13.6. The molecule has 0 radical (unpaired) electrons. The van der Waals surface area contributed by atoms with Gasteiger partial charge in [-0.25, -0.2) is 9.97 Å². The summed E-state index contributed by atoms with van der Waals surface area (Å²) in [7, 11) is 0. The SMILES string of the molecule is Cc1cc(C)c2nc(-c3csc(C(C)N)n3)[nH]c2c1. The number of aromatic nitrogens is 3. The monoisotopic (exact) mass is 272 g/mol. The predicted octanol–water partition coefficient (Wildman–Crippen LogP) is 3.32. The van der Waals surface area contributed by atoms with E-state index in [0.29, 0.717) is 0 Å². The Hall–Kier alpha value is -1.72. The molecule has 0 aliphatic heterocycles. The number of nitrogens with one attached hydrogen (secondary N) is 1. The fraction of sp³-hybridized carbons (Fsp3) is 0.286. The largest absolute Gasteiger partial charge is 0.337 e. The van der Waals surface area contributed by atoms with Gasteiger partial charge in [0, 0.05) is 5.38 Å². The van der Waals surface area contributed by atoms with Crippen LogP contribution in [0.1, 0.15) is 29.1 Å². The first-order valence-electron chi connectivity index (χ1n) is 6.23. The van der Waals surface area contributed by atoms with Gasteiger partial charge in [-0.05, 0) is 38.0 Å². The Bertz CT molecular complexity index is 739. The number of rotatable bonds is 2. The molecule has 2 aromatic heterocycles. The minimum atomic E-state index is -0.0351. The second-order valence-corrected chi connectivity index (χ2v) is 5.81. The third kappa shape index (κ3) is 2.15. The third-order valence-electron chi connectivity index (χ3n) is 3.08. The van der Waals surface area contributed by atoms with Crippen LogP contribution < -0.4 is 5.73 Å². The first-order chi connectivity index (χ1) is 9.04. The third-order valence-corrected chi connectivity index (χ3v) is 4.12. The summed E-state index contributed by atoms with van der Waals surface area (Å²) in [4.78, 5) is 12.5. The number of nitrogens with zero attached hydrogens (tertiary/aromatic N) is 2. The van der Waals surface area contributed by atoms with Crippen LogP contribution in [0.15, 0.2) is 17.5 Å². The van der Waals surface area contributed by atoms with Crippen molar-refractivity contribution in [3.8, 4) is 11.5 Å². The molecular weight excluding hydrogens is 256 g/mol. The highest BCUT2D eigenvalue weighted by Crippen LogP contribution is 2.26. The first-order valence-corrected chi connectivity index (χ1v) is 7.11. The Kier molecular flexibility index (Phi) is 2.88. The molecule has 1 aromatic carbocycles. The van der Waals surface area contributed by atoms with Gasteiger partial charge in [0.2, 0.25) is 0 Å². The molecule has 0 aliphatic rings. The number of aromatic amines is 1. The Labute approximate surface area is 115 Å². The Morgan fingerprint density at radius 1 is 1.26 bits per heavy atom. The van der Waals surface area contributed by atoms with E-state index in [4.69, 9.17) is 5.73 Å². The molecule has 0 saturated heterocycles. The molecule has 3 rings (SSSR count). The summed E-state index contributed by atoms with van der Waals surface area (Å²) >= 11 is 1.57. The maximum Gasteiger partial charge on any atom is 0.158 e. The number of imidazole rings is 1. The number of nitrogens with two attached hydrogens (primary N) is 1. The number of hydrogen-bond acceptors (Lipinski definition) is 4. The van der Waals surface area contributed by atoms with Crippen molar-refractivity contribution in [2.75, 3.05) is 0 Å². The number of H-pyrrole nitrogens is 1. The molecule has 3 aromatic rings. The second-order valence-electron chi connectivity index (χ2n) is 4.92.